The Kier molecular flexibility index (Phi) is 2.68. The first-order chi connectivity index (χ1) is 9.56. The molecule has 2 aromatic carbocycles. The molecule has 0 atom stereocenters. The second-order valence-electron chi connectivity index (χ2n) is 4.59. The zero-order chi connectivity index (χ0) is 14.3. The molecule has 1 heterocycles. The van der Waals surface area contributed by atoms with Gasteiger partial charge in [-0.25, -0.2) is 0 Å². The number of nitrogens with one attached hydrogen (secondary N) is 1. The summed E-state index contributed by atoms with van der Waals surface area (Å²) in [5.41, 5.74) is 2.97. The summed E-state index contributed by atoms with van der Waals surface area (Å²) in [5.74, 6) is 1.06. The summed E-state index contributed by atoms with van der Waals surface area (Å²) in [7, 11) is 0. The SMILES string of the molecule is C=C1Nc2ccccc2Oc2cc([N+](=O)[O-])cc(C)c21. The number of nitro benzene ring substituents is 1. The Morgan fingerprint density at radius 2 is 2.00 bits per heavy atom. The lowest BCUT2D eigenvalue weighted by Crippen LogP contribution is -1.99. The Morgan fingerprint density at radius 1 is 1.25 bits per heavy atom. The topological polar surface area (TPSA) is 64.4 Å². The number of para-hydroxylation sites is 2. The Morgan fingerprint density at radius 3 is 2.75 bits per heavy atom. The monoisotopic (exact) mass is 268 g/mol. The van der Waals surface area contributed by atoms with E-state index in [2.05, 4.69) is 11.9 Å². The minimum absolute atomic E-state index is 0.00781. The second kappa shape index (κ2) is 4.38. The highest BCUT2D eigenvalue weighted by atomic mass is 16.6. The van der Waals surface area contributed by atoms with Crippen LogP contribution in [-0.2, 0) is 0 Å². The number of hydrogen-bond donors (Lipinski definition) is 1. The third kappa shape index (κ3) is 1.89. The van der Waals surface area contributed by atoms with Gasteiger partial charge in [-0.2, -0.15) is 0 Å². The number of non-ortho nitro benzene ring substituents is 1. The van der Waals surface area contributed by atoms with Crippen molar-refractivity contribution in [3.05, 3.63) is 64.2 Å². The summed E-state index contributed by atoms with van der Waals surface area (Å²) in [4.78, 5) is 10.5. The molecule has 20 heavy (non-hydrogen) atoms. The normalized spacial score (nSPS) is 12.6. The molecule has 0 radical (unpaired) electrons. The van der Waals surface area contributed by atoms with Crippen LogP contribution in [0.2, 0.25) is 0 Å². The van der Waals surface area contributed by atoms with Gasteiger partial charge < -0.3 is 10.1 Å². The van der Waals surface area contributed by atoms with Crippen LogP contribution in [0.1, 0.15) is 11.1 Å². The second-order valence-corrected chi connectivity index (χ2v) is 4.59. The minimum atomic E-state index is -0.427. The number of nitro groups is 1. The van der Waals surface area contributed by atoms with Gasteiger partial charge in [-0.1, -0.05) is 18.7 Å². The van der Waals surface area contributed by atoms with Gasteiger partial charge in [-0.05, 0) is 24.6 Å². The van der Waals surface area contributed by atoms with Gasteiger partial charge in [0, 0.05) is 17.3 Å². The van der Waals surface area contributed by atoms with E-state index in [0.29, 0.717) is 17.2 Å². The Hall–Kier alpha value is -2.82. The maximum Gasteiger partial charge on any atom is 0.273 e. The predicted octanol–water partition coefficient (Wildman–Crippen LogP) is 4.09. The largest absolute Gasteiger partial charge is 0.454 e. The predicted molar refractivity (Wildman–Crippen MR) is 77.0 cm³/mol. The molecule has 0 aliphatic carbocycles. The molecule has 1 aliphatic heterocycles. The summed E-state index contributed by atoms with van der Waals surface area (Å²) in [6, 6.07) is 10.4. The fourth-order valence-electron chi connectivity index (χ4n) is 2.31. The summed E-state index contributed by atoms with van der Waals surface area (Å²) < 4.78 is 5.82. The van der Waals surface area contributed by atoms with E-state index in [1.807, 2.05) is 18.2 Å². The highest BCUT2D eigenvalue weighted by Gasteiger charge is 2.22. The average molecular weight is 268 g/mol. The maximum atomic E-state index is 11.0. The number of aryl methyl sites for hydroxylation is 1. The van der Waals surface area contributed by atoms with Gasteiger partial charge in [-0.15, -0.1) is 0 Å². The smallest absolute Gasteiger partial charge is 0.273 e. The number of nitrogens with zero attached hydrogens (tertiary/aromatic N) is 1. The molecular weight excluding hydrogens is 256 g/mol. The number of hydrogen-bond acceptors (Lipinski definition) is 4. The van der Waals surface area contributed by atoms with Crippen LogP contribution < -0.4 is 10.1 Å². The van der Waals surface area contributed by atoms with Crippen LogP contribution in [0.4, 0.5) is 11.4 Å². The van der Waals surface area contributed by atoms with E-state index in [9.17, 15) is 10.1 Å². The van der Waals surface area contributed by atoms with Crippen LogP contribution in [0.5, 0.6) is 11.5 Å². The van der Waals surface area contributed by atoms with Crippen molar-refractivity contribution >= 4 is 17.1 Å². The molecule has 0 saturated heterocycles. The van der Waals surface area contributed by atoms with E-state index in [4.69, 9.17) is 4.74 Å². The number of benzene rings is 2. The zero-order valence-electron chi connectivity index (χ0n) is 10.8. The van der Waals surface area contributed by atoms with E-state index < -0.39 is 4.92 Å². The zero-order valence-corrected chi connectivity index (χ0v) is 10.8. The first-order valence-corrected chi connectivity index (χ1v) is 6.08. The van der Waals surface area contributed by atoms with Crippen molar-refractivity contribution in [2.24, 2.45) is 0 Å². The van der Waals surface area contributed by atoms with Gasteiger partial charge in [0.05, 0.1) is 16.7 Å². The minimum Gasteiger partial charge on any atom is -0.454 e. The first kappa shape index (κ1) is 12.2. The number of ether oxygens (including phenoxy) is 1. The van der Waals surface area contributed by atoms with E-state index in [0.717, 1.165) is 16.8 Å². The van der Waals surface area contributed by atoms with Gasteiger partial charge in [0.25, 0.3) is 5.69 Å². The molecule has 2 aromatic rings. The molecule has 0 saturated carbocycles. The van der Waals surface area contributed by atoms with Crippen LogP contribution in [0, 0.1) is 17.0 Å². The molecule has 0 spiro atoms. The molecular formula is C15H12N2O3. The van der Waals surface area contributed by atoms with Gasteiger partial charge in [-0.3, -0.25) is 10.1 Å². The summed E-state index contributed by atoms with van der Waals surface area (Å²) in [5, 5.41) is 14.1. The van der Waals surface area contributed by atoms with Crippen LogP contribution in [0.3, 0.4) is 0 Å². The third-order valence-corrected chi connectivity index (χ3v) is 3.19. The van der Waals surface area contributed by atoms with Crippen molar-refractivity contribution < 1.29 is 9.66 Å². The molecule has 1 aliphatic rings. The first-order valence-electron chi connectivity index (χ1n) is 6.08. The summed E-state index contributed by atoms with van der Waals surface area (Å²) >= 11 is 0. The van der Waals surface area contributed by atoms with E-state index >= 15 is 0 Å². The lowest BCUT2D eigenvalue weighted by Gasteiger charge is -2.10. The maximum absolute atomic E-state index is 11.0. The number of rotatable bonds is 1. The highest BCUT2D eigenvalue weighted by Crippen LogP contribution is 2.42. The molecule has 100 valence electrons. The van der Waals surface area contributed by atoms with Crippen molar-refractivity contribution in [2.45, 2.75) is 6.92 Å². The number of fused-ring (bicyclic) bond motifs is 2. The molecule has 0 amide bonds. The molecule has 0 bridgehead atoms. The van der Waals surface area contributed by atoms with Crippen molar-refractivity contribution in [3.63, 3.8) is 0 Å². The molecule has 5 nitrogen and oxygen atoms in total. The quantitative estimate of drug-likeness (QED) is 0.625. The van der Waals surface area contributed by atoms with Gasteiger partial charge in [0.15, 0.2) is 5.75 Å². The van der Waals surface area contributed by atoms with Gasteiger partial charge in [0.1, 0.15) is 5.75 Å². The fraction of sp³-hybridized carbons (Fsp3) is 0.0667. The third-order valence-electron chi connectivity index (χ3n) is 3.19. The van der Waals surface area contributed by atoms with E-state index in [-0.39, 0.29) is 5.69 Å². The molecule has 1 N–H and O–H groups in total. The summed E-state index contributed by atoms with van der Waals surface area (Å²) in [6.07, 6.45) is 0. The van der Waals surface area contributed by atoms with Crippen molar-refractivity contribution in [1.82, 2.24) is 0 Å². The molecule has 0 fully saturated rings. The Balaban J connectivity index is 2.21. The standard InChI is InChI=1S/C15H12N2O3/c1-9-7-11(17(18)19)8-14-15(9)10(2)16-12-5-3-4-6-13(12)20-14/h3-8,16H,2H2,1H3. The Labute approximate surface area is 115 Å². The van der Waals surface area contributed by atoms with Crippen LogP contribution in [-0.4, -0.2) is 4.92 Å². The lowest BCUT2D eigenvalue weighted by atomic mass is 10.0. The lowest BCUT2D eigenvalue weighted by molar-refractivity contribution is -0.385. The molecule has 3 rings (SSSR count). The molecule has 0 unspecified atom stereocenters. The van der Waals surface area contributed by atoms with Crippen molar-refractivity contribution in [2.75, 3.05) is 5.32 Å². The van der Waals surface area contributed by atoms with Crippen LogP contribution in [0.25, 0.3) is 5.70 Å². The van der Waals surface area contributed by atoms with E-state index in [1.54, 1.807) is 13.0 Å². The van der Waals surface area contributed by atoms with Gasteiger partial charge >= 0.3 is 0 Å². The summed E-state index contributed by atoms with van der Waals surface area (Å²) in [6.45, 7) is 5.79. The van der Waals surface area contributed by atoms with Gasteiger partial charge in [0.2, 0.25) is 0 Å². The fourth-order valence-corrected chi connectivity index (χ4v) is 2.31. The number of anilines is 1. The van der Waals surface area contributed by atoms with Crippen LogP contribution >= 0.6 is 0 Å². The van der Waals surface area contributed by atoms with E-state index in [1.165, 1.54) is 12.1 Å². The van der Waals surface area contributed by atoms with Crippen molar-refractivity contribution in [1.29, 1.82) is 0 Å². The van der Waals surface area contributed by atoms with Crippen molar-refractivity contribution in [3.8, 4) is 11.5 Å². The molecule has 0 aromatic heterocycles. The average Bonchev–Trinajstić information content (AvgIpc) is 2.54. The van der Waals surface area contributed by atoms with Crippen LogP contribution in [0.15, 0.2) is 43.0 Å². The molecule has 5 heteroatoms. The Bertz CT molecular complexity index is 738. The highest BCUT2D eigenvalue weighted by molar-refractivity contribution is 5.85.